The van der Waals surface area contributed by atoms with Crippen molar-refractivity contribution >= 4 is 16.3 Å². The third-order valence-electron chi connectivity index (χ3n) is 4.18. The Kier molecular flexibility index (Phi) is 4.05. The van der Waals surface area contributed by atoms with E-state index in [1.165, 1.54) is 21.9 Å². The van der Waals surface area contributed by atoms with Crippen molar-refractivity contribution in [1.29, 1.82) is 0 Å². The fraction of sp³-hybridized carbons (Fsp3) is 0.643. The molecule has 114 valence electrons. The summed E-state index contributed by atoms with van der Waals surface area (Å²) in [6, 6.07) is 1.83. The van der Waals surface area contributed by atoms with Gasteiger partial charge in [-0.1, -0.05) is 24.7 Å². The molecule has 0 aromatic carbocycles. The summed E-state index contributed by atoms with van der Waals surface area (Å²) in [6.45, 7) is 6.80. The minimum atomic E-state index is -0.105. The molecule has 2 aromatic rings. The second kappa shape index (κ2) is 5.82. The van der Waals surface area contributed by atoms with E-state index in [4.69, 9.17) is 5.73 Å². The lowest BCUT2D eigenvalue weighted by Gasteiger charge is -2.35. The van der Waals surface area contributed by atoms with Crippen molar-refractivity contribution in [3.8, 4) is 0 Å². The Morgan fingerprint density at radius 2 is 2.33 bits per heavy atom. The first-order chi connectivity index (χ1) is 10.1. The van der Waals surface area contributed by atoms with Crippen LogP contribution < -0.4 is 11.3 Å². The van der Waals surface area contributed by atoms with Crippen LogP contribution >= 0.6 is 11.3 Å². The fourth-order valence-corrected chi connectivity index (χ4v) is 3.90. The van der Waals surface area contributed by atoms with E-state index >= 15 is 0 Å². The summed E-state index contributed by atoms with van der Waals surface area (Å²) in [5.74, 6) is 0.552. The van der Waals surface area contributed by atoms with Crippen molar-refractivity contribution in [2.45, 2.75) is 39.3 Å². The van der Waals surface area contributed by atoms with E-state index in [1.807, 2.05) is 6.92 Å². The van der Waals surface area contributed by atoms with Crippen LogP contribution in [0.25, 0.3) is 4.96 Å². The molecule has 0 radical (unpaired) electrons. The van der Waals surface area contributed by atoms with Crippen LogP contribution in [0.15, 0.2) is 10.9 Å². The molecule has 2 atom stereocenters. The molecule has 1 saturated heterocycles. The second-order valence-corrected chi connectivity index (χ2v) is 6.82. The van der Waals surface area contributed by atoms with E-state index in [2.05, 4.69) is 21.9 Å². The zero-order valence-electron chi connectivity index (χ0n) is 12.5. The van der Waals surface area contributed by atoms with E-state index in [0.29, 0.717) is 16.9 Å². The molecular formula is C14H21N5OS. The number of nitrogens with two attached hydrogens (primary N) is 1. The highest BCUT2D eigenvalue weighted by Crippen LogP contribution is 2.21. The molecule has 0 aliphatic carbocycles. The van der Waals surface area contributed by atoms with Gasteiger partial charge in [-0.05, 0) is 19.3 Å². The van der Waals surface area contributed by atoms with Crippen LogP contribution in [0.1, 0.15) is 30.5 Å². The van der Waals surface area contributed by atoms with E-state index < -0.39 is 0 Å². The third-order valence-corrected chi connectivity index (χ3v) is 5.07. The van der Waals surface area contributed by atoms with Crippen LogP contribution in [0.3, 0.4) is 0 Å². The highest BCUT2D eigenvalue weighted by Gasteiger charge is 2.25. The molecule has 1 aliphatic heterocycles. The van der Waals surface area contributed by atoms with Gasteiger partial charge in [0.2, 0.25) is 4.96 Å². The summed E-state index contributed by atoms with van der Waals surface area (Å²) in [5, 5.41) is 5.34. The Bertz CT molecular complexity index is 694. The smallest absolute Gasteiger partial charge is 0.275 e. The standard InChI is InChI=1S/C14H21N5OS/c1-3-10-7-18(5-4-11(10)15)8-12-17-19-13(20)6-9(2)16-14(19)21-12/h6,10-11H,3-5,7-8,15H2,1-2H3. The molecule has 3 rings (SSSR count). The van der Waals surface area contributed by atoms with Crippen molar-refractivity contribution in [1.82, 2.24) is 19.5 Å². The van der Waals surface area contributed by atoms with Gasteiger partial charge in [0, 0.05) is 30.9 Å². The van der Waals surface area contributed by atoms with Gasteiger partial charge in [-0.2, -0.15) is 9.61 Å². The van der Waals surface area contributed by atoms with E-state index in [0.717, 1.165) is 43.2 Å². The van der Waals surface area contributed by atoms with Gasteiger partial charge in [-0.3, -0.25) is 9.69 Å². The lowest BCUT2D eigenvalue weighted by atomic mass is 9.91. The Hall–Kier alpha value is -1.31. The van der Waals surface area contributed by atoms with Crippen LogP contribution in [0, 0.1) is 12.8 Å². The Morgan fingerprint density at radius 1 is 1.52 bits per heavy atom. The van der Waals surface area contributed by atoms with Crippen molar-refractivity contribution in [2.75, 3.05) is 13.1 Å². The monoisotopic (exact) mass is 307 g/mol. The molecule has 2 N–H and O–H groups in total. The molecule has 2 unspecified atom stereocenters. The molecule has 2 aromatic heterocycles. The summed E-state index contributed by atoms with van der Waals surface area (Å²) in [5.41, 5.74) is 6.78. The van der Waals surface area contributed by atoms with Gasteiger partial charge < -0.3 is 5.73 Å². The number of aryl methyl sites for hydroxylation is 1. The predicted molar refractivity (Wildman–Crippen MR) is 83.5 cm³/mol. The van der Waals surface area contributed by atoms with Gasteiger partial charge in [-0.25, -0.2) is 4.98 Å². The van der Waals surface area contributed by atoms with E-state index in [1.54, 1.807) is 0 Å². The van der Waals surface area contributed by atoms with Gasteiger partial charge in [0.05, 0.1) is 6.54 Å². The Labute approximate surface area is 127 Å². The first kappa shape index (κ1) is 14.6. The average Bonchev–Trinajstić information content (AvgIpc) is 2.83. The number of hydrogen-bond donors (Lipinski definition) is 1. The molecule has 21 heavy (non-hydrogen) atoms. The number of nitrogens with zero attached hydrogens (tertiary/aromatic N) is 4. The van der Waals surface area contributed by atoms with Crippen LogP contribution in [0.5, 0.6) is 0 Å². The zero-order valence-corrected chi connectivity index (χ0v) is 13.3. The molecule has 0 spiro atoms. The van der Waals surface area contributed by atoms with E-state index in [-0.39, 0.29) is 5.56 Å². The topological polar surface area (TPSA) is 76.5 Å². The Morgan fingerprint density at radius 3 is 3.10 bits per heavy atom. The summed E-state index contributed by atoms with van der Waals surface area (Å²) >= 11 is 1.50. The number of hydrogen-bond acceptors (Lipinski definition) is 6. The number of likely N-dealkylation sites (tertiary alicyclic amines) is 1. The predicted octanol–water partition coefficient (Wildman–Crippen LogP) is 1.02. The molecule has 7 heteroatoms. The summed E-state index contributed by atoms with van der Waals surface area (Å²) in [6.07, 6.45) is 2.14. The SMILES string of the molecule is CCC1CN(Cc2nn3c(=O)cc(C)nc3s2)CCC1N. The first-order valence-electron chi connectivity index (χ1n) is 7.41. The van der Waals surface area contributed by atoms with Gasteiger partial charge in [0.1, 0.15) is 5.01 Å². The van der Waals surface area contributed by atoms with Crippen molar-refractivity contribution in [3.63, 3.8) is 0 Å². The van der Waals surface area contributed by atoms with Crippen molar-refractivity contribution in [3.05, 3.63) is 27.1 Å². The fourth-order valence-electron chi connectivity index (χ4n) is 2.92. The molecular weight excluding hydrogens is 286 g/mol. The summed E-state index contributed by atoms with van der Waals surface area (Å²) in [7, 11) is 0. The normalized spacial score (nSPS) is 23.8. The number of fused-ring (bicyclic) bond motifs is 1. The lowest BCUT2D eigenvalue weighted by molar-refractivity contribution is 0.145. The highest BCUT2D eigenvalue weighted by molar-refractivity contribution is 7.16. The lowest BCUT2D eigenvalue weighted by Crippen LogP contribution is -2.46. The molecule has 6 nitrogen and oxygen atoms in total. The number of piperidine rings is 1. The number of aromatic nitrogens is 3. The minimum Gasteiger partial charge on any atom is -0.327 e. The largest absolute Gasteiger partial charge is 0.327 e. The van der Waals surface area contributed by atoms with Crippen LogP contribution in [-0.2, 0) is 6.54 Å². The first-order valence-corrected chi connectivity index (χ1v) is 8.23. The molecule has 0 bridgehead atoms. The maximum atomic E-state index is 11.9. The quantitative estimate of drug-likeness (QED) is 0.916. The molecule has 0 amide bonds. The maximum Gasteiger partial charge on any atom is 0.275 e. The van der Waals surface area contributed by atoms with Crippen LogP contribution in [-0.4, -0.2) is 38.6 Å². The molecule has 1 fully saturated rings. The minimum absolute atomic E-state index is 0.105. The van der Waals surface area contributed by atoms with Gasteiger partial charge in [-0.15, -0.1) is 0 Å². The second-order valence-electron chi connectivity index (χ2n) is 5.78. The van der Waals surface area contributed by atoms with Gasteiger partial charge in [0.25, 0.3) is 5.56 Å². The average molecular weight is 307 g/mol. The zero-order chi connectivity index (χ0) is 15.0. The molecule has 1 aliphatic rings. The van der Waals surface area contributed by atoms with Crippen molar-refractivity contribution < 1.29 is 0 Å². The van der Waals surface area contributed by atoms with Gasteiger partial charge in [0.15, 0.2) is 0 Å². The van der Waals surface area contributed by atoms with Crippen LogP contribution in [0.4, 0.5) is 0 Å². The van der Waals surface area contributed by atoms with Gasteiger partial charge >= 0.3 is 0 Å². The molecule has 0 saturated carbocycles. The molecule has 3 heterocycles. The summed E-state index contributed by atoms with van der Waals surface area (Å²) in [4.78, 5) is 19.3. The Balaban J connectivity index is 1.79. The number of rotatable bonds is 3. The van der Waals surface area contributed by atoms with Crippen LogP contribution in [0.2, 0.25) is 0 Å². The third kappa shape index (κ3) is 3.00. The summed E-state index contributed by atoms with van der Waals surface area (Å²) < 4.78 is 1.40. The highest BCUT2D eigenvalue weighted by atomic mass is 32.1. The van der Waals surface area contributed by atoms with E-state index in [9.17, 15) is 4.79 Å². The maximum absolute atomic E-state index is 11.9. The van der Waals surface area contributed by atoms with Crippen molar-refractivity contribution in [2.24, 2.45) is 11.7 Å².